The first-order valence-electron chi connectivity index (χ1n) is 24.8. The second kappa shape index (κ2) is 25.7. The van der Waals surface area contributed by atoms with E-state index in [0.29, 0.717) is 54.8 Å². The number of fused-ring (bicyclic) bond motifs is 2. The maximum Gasteiger partial charge on any atom is 0.416 e. The van der Waals surface area contributed by atoms with E-state index in [4.69, 9.17) is 9.97 Å². The number of hydrogen-bond acceptors (Lipinski definition) is 7. The first-order valence-corrected chi connectivity index (χ1v) is 24.8. The van der Waals surface area contributed by atoms with Crippen molar-refractivity contribution in [2.45, 2.75) is 99.0 Å². The summed E-state index contributed by atoms with van der Waals surface area (Å²) < 4.78 is 106. The Bertz CT molecular complexity index is 3400. The Morgan fingerprint density at radius 3 is 1.38 bits per heavy atom. The van der Waals surface area contributed by atoms with Gasteiger partial charge in [-0.3, -0.25) is 28.4 Å². The van der Waals surface area contributed by atoms with Crippen molar-refractivity contribution in [3.63, 3.8) is 0 Å². The summed E-state index contributed by atoms with van der Waals surface area (Å²) in [5.41, 5.74) is 4.63. The number of nitrogens with one attached hydrogen (secondary N) is 1. The zero-order chi connectivity index (χ0) is 55.2. The molecule has 2 aliphatic rings. The highest BCUT2D eigenvalue weighted by Gasteiger charge is 2.34. The molecule has 0 bridgehead atoms. The van der Waals surface area contributed by atoms with E-state index in [-0.39, 0.29) is 55.7 Å². The van der Waals surface area contributed by atoms with Crippen LogP contribution in [-0.2, 0) is 38.3 Å². The third-order valence-corrected chi connectivity index (χ3v) is 13.8. The molecule has 2 aromatic heterocycles. The molecule has 10 rings (SSSR count). The SMILES string of the molecule is C.C.CC(=O)c1ccc(C(F)(F)F)cc1F.Cc1nc2c(c(=O)n1C(c1ccccc1)c1ccccc1)CN(C(C)c1ccc(C(F)(F)F)cc1F)CC2.Cc1nc2c(c(=O)n1C(c1ccccc1)c1ccccc1)CNCC2. The Labute approximate surface area is 454 Å². The molecule has 1 unspecified atom stereocenters. The van der Waals surface area contributed by atoms with Crippen LogP contribution in [0.5, 0.6) is 0 Å². The number of halogens is 8. The van der Waals surface area contributed by atoms with Crippen LogP contribution in [0.4, 0.5) is 35.1 Å². The number of aryl methyl sites for hydroxylation is 2. The van der Waals surface area contributed by atoms with E-state index < -0.39 is 46.9 Å². The molecular formula is C62H62F8N6O3. The van der Waals surface area contributed by atoms with E-state index in [1.165, 1.54) is 6.07 Å². The van der Waals surface area contributed by atoms with Crippen molar-refractivity contribution in [3.8, 4) is 0 Å². The molecule has 414 valence electrons. The van der Waals surface area contributed by atoms with Crippen molar-refractivity contribution in [3.05, 3.63) is 269 Å². The Morgan fingerprint density at radius 2 is 0.975 bits per heavy atom. The molecule has 9 nitrogen and oxygen atoms in total. The molecule has 6 aromatic carbocycles. The average molecular weight is 1090 g/mol. The van der Waals surface area contributed by atoms with Crippen LogP contribution in [0.3, 0.4) is 0 Å². The molecule has 2 aliphatic heterocycles. The molecule has 0 fully saturated rings. The smallest absolute Gasteiger partial charge is 0.312 e. The maximum atomic E-state index is 14.8. The van der Waals surface area contributed by atoms with Gasteiger partial charge in [0.15, 0.2) is 5.78 Å². The number of nitrogens with zero attached hydrogens (tertiary/aromatic N) is 5. The summed E-state index contributed by atoms with van der Waals surface area (Å²) in [5, 5.41) is 3.29. The Balaban J connectivity index is 0.000000211. The fourth-order valence-corrected chi connectivity index (χ4v) is 9.84. The van der Waals surface area contributed by atoms with Gasteiger partial charge >= 0.3 is 12.4 Å². The van der Waals surface area contributed by atoms with Gasteiger partial charge in [0, 0.05) is 50.6 Å². The second-order valence-electron chi connectivity index (χ2n) is 18.8. The number of benzene rings is 6. The quantitative estimate of drug-likeness (QED) is 0.113. The maximum absolute atomic E-state index is 14.8. The highest BCUT2D eigenvalue weighted by atomic mass is 19.4. The minimum absolute atomic E-state index is 0. The Hall–Kier alpha value is -7.89. The summed E-state index contributed by atoms with van der Waals surface area (Å²) in [6, 6.07) is 43.2. The predicted octanol–water partition coefficient (Wildman–Crippen LogP) is 13.6. The van der Waals surface area contributed by atoms with Crippen LogP contribution in [0.15, 0.2) is 167 Å². The zero-order valence-corrected chi connectivity index (χ0v) is 42.5. The van der Waals surface area contributed by atoms with Crippen LogP contribution in [-0.4, -0.2) is 42.9 Å². The fraction of sp³-hybridized carbons (Fsp3) is 0.274. The third-order valence-electron chi connectivity index (χ3n) is 13.8. The lowest BCUT2D eigenvalue weighted by Crippen LogP contribution is -2.41. The predicted molar refractivity (Wildman–Crippen MR) is 291 cm³/mol. The molecule has 0 saturated carbocycles. The number of alkyl halides is 6. The van der Waals surface area contributed by atoms with Crippen LogP contribution in [0.2, 0.25) is 0 Å². The molecule has 0 radical (unpaired) electrons. The molecule has 0 spiro atoms. The Morgan fingerprint density at radius 1 is 0.570 bits per heavy atom. The van der Waals surface area contributed by atoms with E-state index in [2.05, 4.69) is 29.6 Å². The molecule has 1 atom stereocenters. The summed E-state index contributed by atoms with van der Waals surface area (Å²) in [6.07, 6.45) is -7.90. The van der Waals surface area contributed by atoms with E-state index in [9.17, 15) is 49.5 Å². The van der Waals surface area contributed by atoms with Gasteiger partial charge in [-0.1, -0.05) is 142 Å². The van der Waals surface area contributed by atoms with Gasteiger partial charge in [-0.05, 0) is 80.3 Å². The first-order chi connectivity index (χ1) is 36.7. The normalized spacial score (nSPS) is 13.5. The molecule has 79 heavy (non-hydrogen) atoms. The van der Waals surface area contributed by atoms with Crippen LogP contribution in [0.1, 0.15) is 130 Å². The van der Waals surface area contributed by atoms with Gasteiger partial charge in [0.05, 0.1) is 51.3 Å². The zero-order valence-electron chi connectivity index (χ0n) is 42.5. The summed E-state index contributed by atoms with van der Waals surface area (Å²) in [4.78, 5) is 49.5. The molecule has 1 N–H and O–H groups in total. The van der Waals surface area contributed by atoms with Gasteiger partial charge in [0.25, 0.3) is 11.1 Å². The minimum atomic E-state index is -4.62. The molecular weight excluding hydrogens is 1030 g/mol. The minimum Gasteiger partial charge on any atom is -0.312 e. The molecule has 8 aromatic rings. The van der Waals surface area contributed by atoms with Crippen LogP contribution in [0, 0.1) is 25.5 Å². The van der Waals surface area contributed by atoms with Crippen LogP contribution >= 0.6 is 0 Å². The number of hydrogen-bond donors (Lipinski definition) is 1. The van der Waals surface area contributed by atoms with E-state index in [1.807, 2.05) is 120 Å². The van der Waals surface area contributed by atoms with Gasteiger partial charge in [0.2, 0.25) is 0 Å². The van der Waals surface area contributed by atoms with Gasteiger partial charge in [-0.2, -0.15) is 26.3 Å². The summed E-state index contributed by atoms with van der Waals surface area (Å²) in [5.74, 6) is -1.29. The van der Waals surface area contributed by atoms with Crippen molar-refractivity contribution in [1.29, 1.82) is 0 Å². The van der Waals surface area contributed by atoms with Gasteiger partial charge < -0.3 is 5.32 Å². The lowest BCUT2D eigenvalue weighted by Gasteiger charge is -2.34. The van der Waals surface area contributed by atoms with Crippen molar-refractivity contribution >= 4 is 5.78 Å². The molecule has 0 amide bonds. The summed E-state index contributed by atoms with van der Waals surface area (Å²) in [6.45, 7) is 8.79. The van der Waals surface area contributed by atoms with Gasteiger partial charge in [0.1, 0.15) is 23.3 Å². The average Bonchev–Trinajstić information content (AvgIpc) is 3.46. The molecule has 4 heterocycles. The fourth-order valence-electron chi connectivity index (χ4n) is 9.84. The standard InChI is InChI=1S/C30H27F4N3O.C21H21N3O.C9H6F4O.2CH4/c1-19(24-14-13-23(17-26(24)31)30(32,33)34)36-16-15-27-25(18-36)29(38)37(20(2)35-27)28(21-9-5-3-6-10-21)22-11-7-4-8-12-22;1-15-23-19-12-13-22-14-18(19)21(25)24(15)20(16-8-4-2-5-9-16)17-10-6-3-7-11-17;1-5(14)7-3-2-6(4-8(7)10)9(11,12)13;;/h3-14,17,19,28H,15-16,18H2,1-2H3;2-11,20,22H,12-14H2,1H3;2-4H,1H3;2*1H4. The topological polar surface area (TPSA) is 102 Å². The molecule has 0 saturated heterocycles. The van der Waals surface area contributed by atoms with Gasteiger partial charge in [-0.15, -0.1) is 0 Å². The lowest BCUT2D eigenvalue weighted by molar-refractivity contribution is -0.138. The largest absolute Gasteiger partial charge is 0.416 e. The van der Waals surface area contributed by atoms with E-state index in [0.717, 1.165) is 71.4 Å². The lowest BCUT2D eigenvalue weighted by atomic mass is 9.96. The highest BCUT2D eigenvalue weighted by Crippen LogP contribution is 2.35. The number of carbonyl (C=O) groups is 1. The number of rotatable bonds is 9. The first kappa shape index (κ1) is 60.3. The van der Waals surface area contributed by atoms with Crippen molar-refractivity contribution in [1.82, 2.24) is 29.3 Å². The van der Waals surface area contributed by atoms with E-state index in [1.54, 1.807) is 11.5 Å². The highest BCUT2D eigenvalue weighted by molar-refractivity contribution is 5.94. The summed E-state index contributed by atoms with van der Waals surface area (Å²) >= 11 is 0. The summed E-state index contributed by atoms with van der Waals surface area (Å²) in [7, 11) is 0. The molecule has 0 aliphatic carbocycles. The third kappa shape index (κ3) is 13.7. The van der Waals surface area contributed by atoms with Crippen molar-refractivity contribution in [2.24, 2.45) is 0 Å². The molecule has 17 heteroatoms. The number of aromatic nitrogens is 4. The van der Waals surface area contributed by atoms with E-state index >= 15 is 0 Å². The van der Waals surface area contributed by atoms with Crippen LogP contribution < -0.4 is 16.4 Å². The number of Topliss-reactive ketones (excluding diaryl/α,β-unsaturated/α-hetero) is 1. The van der Waals surface area contributed by atoms with Crippen molar-refractivity contribution in [2.75, 3.05) is 13.1 Å². The van der Waals surface area contributed by atoms with Crippen LogP contribution in [0.25, 0.3) is 0 Å². The Kier molecular flexibility index (Phi) is 19.6. The number of carbonyl (C=O) groups excluding carboxylic acids is 1. The second-order valence-corrected chi connectivity index (χ2v) is 18.8. The monoisotopic (exact) mass is 1090 g/mol. The van der Waals surface area contributed by atoms with Gasteiger partial charge in [-0.25, -0.2) is 18.7 Å². The van der Waals surface area contributed by atoms with Crippen molar-refractivity contribution < 1.29 is 39.9 Å². The number of ketones is 1.